The van der Waals surface area contributed by atoms with E-state index in [1.54, 1.807) is 17.0 Å². The molecule has 124 valence electrons. The molecule has 0 spiro atoms. The molecular weight excluding hydrogens is 355 g/mol. The van der Waals surface area contributed by atoms with Gasteiger partial charge < -0.3 is 5.32 Å². The Labute approximate surface area is 155 Å². The lowest BCUT2D eigenvalue weighted by atomic mass is 10.0. The van der Waals surface area contributed by atoms with Crippen LogP contribution in [0.15, 0.2) is 72.8 Å². The van der Waals surface area contributed by atoms with E-state index >= 15 is 0 Å². The molecule has 1 unspecified atom stereocenters. The maximum atomic E-state index is 13.2. The normalized spacial score (nSPS) is 16.3. The summed E-state index contributed by atoms with van der Waals surface area (Å²) in [6.45, 7) is 0. The average Bonchev–Trinajstić information content (AvgIpc) is 2.64. The van der Waals surface area contributed by atoms with Crippen molar-refractivity contribution in [1.82, 2.24) is 0 Å². The van der Waals surface area contributed by atoms with Gasteiger partial charge in [-0.1, -0.05) is 59.6 Å². The molecule has 1 amide bonds. The number of benzene rings is 3. The molecular formula is C20H14Cl2N2O. The van der Waals surface area contributed by atoms with Crippen LogP contribution in [-0.4, -0.2) is 5.91 Å². The molecule has 4 rings (SSSR count). The standard InChI is InChI=1S/C20H14Cl2N2O/c21-16-11-10-13(12-17(16)22)19-23-18-9-5-4-8-15(18)20(25)24(19)14-6-2-1-3-7-14/h1-12,19,23H. The highest BCUT2D eigenvalue weighted by Gasteiger charge is 2.34. The van der Waals surface area contributed by atoms with Crippen molar-refractivity contribution in [2.24, 2.45) is 0 Å². The van der Waals surface area contributed by atoms with Crippen molar-refractivity contribution in [1.29, 1.82) is 0 Å². The molecule has 0 radical (unpaired) electrons. The molecule has 0 saturated heterocycles. The molecule has 25 heavy (non-hydrogen) atoms. The van der Waals surface area contributed by atoms with Crippen molar-refractivity contribution in [2.75, 3.05) is 10.2 Å². The first-order valence-electron chi connectivity index (χ1n) is 7.84. The first-order chi connectivity index (χ1) is 12.1. The van der Waals surface area contributed by atoms with Gasteiger partial charge in [0.1, 0.15) is 6.17 Å². The number of anilines is 2. The SMILES string of the molecule is O=C1c2ccccc2NC(c2ccc(Cl)c(Cl)c2)N1c1ccccc1. The monoisotopic (exact) mass is 368 g/mol. The van der Waals surface area contributed by atoms with E-state index in [0.717, 1.165) is 16.9 Å². The largest absolute Gasteiger partial charge is 0.360 e. The number of nitrogens with one attached hydrogen (secondary N) is 1. The summed E-state index contributed by atoms with van der Waals surface area (Å²) in [6.07, 6.45) is -0.375. The lowest BCUT2D eigenvalue weighted by Gasteiger charge is -2.38. The second-order valence-corrected chi connectivity index (χ2v) is 6.59. The van der Waals surface area contributed by atoms with E-state index in [9.17, 15) is 4.79 Å². The highest BCUT2D eigenvalue weighted by Crippen LogP contribution is 2.37. The van der Waals surface area contributed by atoms with Crippen molar-refractivity contribution in [3.05, 3.63) is 94.0 Å². The summed E-state index contributed by atoms with van der Waals surface area (Å²) in [5.74, 6) is -0.0587. The molecule has 1 atom stereocenters. The fraction of sp³-hybridized carbons (Fsp3) is 0.0500. The van der Waals surface area contributed by atoms with E-state index in [-0.39, 0.29) is 12.1 Å². The molecule has 0 saturated carbocycles. The number of amides is 1. The van der Waals surface area contributed by atoms with E-state index in [1.807, 2.05) is 60.7 Å². The van der Waals surface area contributed by atoms with Crippen LogP contribution in [0.5, 0.6) is 0 Å². The first-order valence-corrected chi connectivity index (χ1v) is 8.60. The molecule has 1 heterocycles. The van der Waals surface area contributed by atoms with Crippen LogP contribution in [0.25, 0.3) is 0 Å². The van der Waals surface area contributed by atoms with E-state index < -0.39 is 0 Å². The molecule has 3 nitrogen and oxygen atoms in total. The molecule has 5 heteroatoms. The minimum atomic E-state index is -0.375. The molecule has 0 fully saturated rings. The number of carbonyl (C=O) groups is 1. The average molecular weight is 369 g/mol. The molecule has 0 bridgehead atoms. The van der Waals surface area contributed by atoms with Crippen LogP contribution in [0.1, 0.15) is 22.1 Å². The van der Waals surface area contributed by atoms with Gasteiger partial charge in [0.15, 0.2) is 0 Å². The Kier molecular flexibility index (Phi) is 4.12. The maximum Gasteiger partial charge on any atom is 0.262 e. The van der Waals surface area contributed by atoms with Crippen LogP contribution in [0.4, 0.5) is 11.4 Å². The van der Waals surface area contributed by atoms with Gasteiger partial charge in [-0.2, -0.15) is 0 Å². The number of rotatable bonds is 2. The summed E-state index contributed by atoms with van der Waals surface area (Å²) < 4.78 is 0. The van der Waals surface area contributed by atoms with E-state index in [1.165, 1.54) is 0 Å². The lowest BCUT2D eigenvalue weighted by molar-refractivity contribution is 0.0975. The summed E-state index contributed by atoms with van der Waals surface area (Å²) in [5, 5.41) is 4.39. The Balaban J connectivity index is 1.87. The maximum absolute atomic E-state index is 13.2. The van der Waals surface area contributed by atoms with Crippen molar-refractivity contribution < 1.29 is 4.79 Å². The van der Waals surface area contributed by atoms with Gasteiger partial charge in [0.05, 0.1) is 15.6 Å². The van der Waals surface area contributed by atoms with Gasteiger partial charge in [0.2, 0.25) is 0 Å². The van der Waals surface area contributed by atoms with Gasteiger partial charge in [0, 0.05) is 11.4 Å². The van der Waals surface area contributed by atoms with Gasteiger partial charge >= 0.3 is 0 Å². The molecule has 1 aliphatic rings. The molecule has 3 aromatic rings. The van der Waals surface area contributed by atoms with E-state index in [2.05, 4.69) is 5.32 Å². The fourth-order valence-corrected chi connectivity index (χ4v) is 3.33. The van der Waals surface area contributed by atoms with Crippen LogP contribution < -0.4 is 10.2 Å². The number of carbonyl (C=O) groups excluding carboxylic acids is 1. The third-order valence-electron chi connectivity index (χ3n) is 4.22. The van der Waals surface area contributed by atoms with E-state index in [4.69, 9.17) is 23.2 Å². The van der Waals surface area contributed by atoms with Gasteiger partial charge in [-0.15, -0.1) is 0 Å². The minimum absolute atomic E-state index is 0.0587. The van der Waals surface area contributed by atoms with Gasteiger partial charge in [-0.05, 0) is 42.0 Å². The molecule has 0 aliphatic carbocycles. The third-order valence-corrected chi connectivity index (χ3v) is 4.96. The molecule has 3 aromatic carbocycles. The Morgan fingerprint density at radius 2 is 1.56 bits per heavy atom. The second kappa shape index (κ2) is 6.43. The number of nitrogens with zero attached hydrogens (tertiary/aromatic N) is 1. The fourth-order valence-electron chi connectivity index (χ4n) is 3.02. The summed E-state index contributed by atoms with van der Waals surface area (Å²) in [4.78, 5) is 14.9. The number of para-hydroxylation sites is 2. The number of halogens is 2. The van der Waals surface area contributed by atoms with Crippen LogP contribution in [-0.2, 0) is 0 Å². The summed E-state index contributed by atoms with van der Waals surface area (Å²) in [5.41, 5.74) is 3.12. The van der Waals surface area contributed by atoms with Gasteiger partial charge in [-0.3, -0.25) is 9.69 Å². The Morgan fingerprint density at radius 3 is 2.32 bits per heavy atom. The summed E-state index contributed by atoms with van der Waals surface area (Å²) >= 11 is 12.3. The van der Waals surface area contributed by atoms with Crippen molar-refractivity contribution in [3.63, 3.8) is 0 Å². The third kappa shape index (κ3) is 2.86. The Morgan fingerprint density at radius 1 is 0.840 bits per heavy atom. The molecule has 1 aliphatic heterocycles. The Hall–Kier alpha value is -2.49. The number of hydrogen-bond acceptors (Lipinski definition) is 2. The van der Waals surface area contributed by atoms with Crippen LogP contribution >= 0.6 is 23.2 Å². The molecule has 1 N–H and O–H groups in total. The zero-order valence-electron chi connectivity index (χ0n) is 13.1. The number of hydrogen-bond donors (Lipinski definition) is 1. The second-order valence-electron chi connectivity index (χ2n) is 5.78. The zero-order valence-corrected chi connectivity index (χ0v) is 14.6. The van der Waals surface area contributed by atoms with Gasteiger partial charge in [0.25, 0.3) is 5.91 Å². The minimum Gasteiger partial charge on any atom is -0.360 e. The number of fused-ring (bicyclic) bond motifs is 1. The predicted octanol–water partition coefficient (Wildman–Crippen LogP) is 5.76. The Bertz CT molecular complexity index is 943. The van der Waals surface area contributed by atoms with Crippen molar-refractivity contribution in [2.45, 2.75) is 6.17 Å². The summed E-state index contributed by atoms with van der Waals surface area (Å²) in [7, 11) is 0. The molecule has 0 aromatic heterocycles. The highest BCUT2D eigenvalue weighted by molar-refractivity contribution is 6.42. The van der Waals surface area contributed by atoms with Crippen LogP contribution in [0, 0.1) is 0 Å². The highest BCUT2D eigenvalue weighted by atomic mass is 35.5. The van der Waals surface area contributed by atoms with Crippen LogP contribution in [0.2, 0.25) is 10.0 Å². The zero-order chi connectivity index (χ0) is 17.4. The van der Waals surface area contributed by atoms with Gasteiger partial charge in [-0.25, -0.2) is 0 Å². The van der Waals surface area contributed by atoms with Crippen LogP contribution in [0.3, 0.4) is 0 Å². The smallest absolute Gasteiger partial charge is 0.262 e. The predicted molar refractivity (Wildman–Crippen MR) is 103 cm³/mol. The van der Waals surface area contributed by atoms with Crippen molar-refractivity contribution in [3.8, 4) is 0 Å². The lowest BCUT2D eigenvalue weighted by Crippen LogP contribution is -2.43. The van der Waals surface area contributed by atoms with Crippen molar-refractivity contribution >= 4 is 40.5 Å². The van der Waals surface area contributed by atoms with E-state index in [0.29, 0.717) is 15.6 Å². The quantitative estimate of drug-likeness (QED) is 0.623. The first kappa shape index (κ1) is 16.0. The summed E-state index contributed by atoms with van der Waals surface area (Å²) in [6, 6.07) is 22.5. The topological polar surface area (TPSA) is 32.3 Å².